The Kier molecular flexibility index (Phi) is 4.15. The molecule has 0 saturated carbocycles. The van der Waals surface area contributed by atoms with Gasteiger partial charge in [0.25, 0.3) is 0 Å². The fraction of sp³-hybridized carbons (Fsp3) is 0.500. The molecule has 1 aromatic heterocycles. The maximum atomic E-state index is 5.77. The van der Waals surface area contributed by atoms with E-state index in [-0.39, 0.29) is 5.41 Å². The average molecular weight is 260 g/mol. The van der Waals surface area contributed by atoms with Crippen LogP contribution in [-0.2, 0) is 6.54 Å². The summed E-state index contributed by atoms with van der Waals surface area (Å²) >= 11 is 0. The van der Waals surface area contributed by atoms with Crippen LogP contribution in [0, 0.1) is 5.41 Å². The van der Waals surface area contributed by atoms with Gasteiger partial charge in [0.2, 0.25) is 0 Å². The predicted molar refractivity (Wildman–Crippen MR) is 80.6 cm³/mol. The molecular weight excluding hydrogens is 236 g/mol. The molecule has 104 valence electrons. The first-order chi connectivity index (χ1) is 9.05. The number of nitrogens with two attached hydrogens (primary N) is 1. The van der Waals surface area contributed by atoms with Gasteiger partial charge in [-0.15, -0.1) is 0 Å². The Balaban J connectivity index is 2.05. The number of fused-ring (bicyclic) bond motifs is 1. The lowest BCUT2D eigenvalue weighted by molar-refractivity contribution is 0.328. The first-order valence-corrected chi connectivity index (χ1v) is 6.89. The summed E-state index contributed by atoms with van der Waals surface area (Å²) in [4.78, 5) is 0. The minimum absolute atomic E-state index is 0.242. The topological polar surface area (TPSA) is 40.2 Å². The molecule has 0 aliphatic heterocycles. The highest BCUT2D eigenvalue weighted by atomic mass is 16.5. The van der Waals surface area contributed by atoms with Crippen LogP contribution in [0.25, 0.3) is 10.9 Å². The summed E-state index contributed by atoms with van der Waals surface area (Å²) in [5.74, 6) is 0.912. The van der Waals surface area contributed by atoms with Crippen LogP contribution in [0.1, 0.15) is 26.7 Å². The van der Waals surface area contributed by atoms with E-state index >= 15 is 0 Å². The smallest absolute Gasteiger partial charge is 0.119 e. The van der Waals surface area contributed by atoms with Crippen molar-refractivity contribution in [2.45, 2.75) is 33.2 Å². The lowest BCUT2D eigenvalue weighted by Gasteiger charge is -2.22. The maximum absolute atomic E-state index is 5.77. The molecule has 0 fully saturated rings. The van der Waals surface area contributed by atoms with Crippen molar-refractivity contribution in [1.82, 2.24) is 4.57 Å². The van der Waals surface area contributed by atoms with Crippen LogP contribution >= 0.6 is 0 Å². The zero-order valence-corrected chi connectivity index (χ0v) is 12.1. The van der Waals surface area contributed by atoms with Gasteiger partial charge in [-0.25, -0.2) is 0 Å². The van der Waals surface area contributed by atoms with Crippen LogP contribution in [0.3, 0.4) is 0 Å². The van der Waals surface area contributed by atoms with E-state index in [9.17, 15) is 0 Å². The number of benzene rings is 1. The largest absolute Gasteiger partial charge is 0.497 e. The number of methoxy groups -OCH3 is 1. The Hall–Kier alpha value is -1.48. The van der Waals surface area contributed by atoms with Gasteiger partial charge < -0.3 is 15.0 Å². The number of ether oxygens (including phenoxy) is 1. The quantitative estimate of drug-likeness (QED) is 0.864. The standard InChI is InChI=1S/C16H24N2O/c1-16(2,12-17)8-4-9-18-10-7-13-11-14(19-3)5-6-15(13)18/h5-7,10-11H,4,8-9,12,17H2,1-3H3. The lowest BCUT2D eigenvalue weighted by atomic mass is 9.88. The van der Waals surface area contributed by atoms with Gasteiger partial charge in [-0.3, -0.25) is 0 Å². The van der Waals surface area contributed by atoms with E-state index in [0.717, 1.165) is 31.7 Å². The third-order valence-electron chi connectivity index (χ3n) is 3.78. The highest BCUT2D eigenvalue weighted by molar-refractivity contribution is 5.81. The van der Waals surface area contributed by atoms with Gasteiger partial charge in [-0.1, -0.05) is 13.8 Å². The molecule has 3 heteroatoms. The molecule has 2 N–H and O–H groups in total. The number of rotatable bonds is 6. The molecule has 0 atom stereocenters. The fourth-order valence-electron chi connectivity index (χ4n) is 2.33. The van der Waals surface area contributed by atoms with Gasteiger partial charge >= 0.3 is 0 Å². The van der Waals surface area contributed by atoms with E-state index in [4.69, 9.17) is 10.5 Å². The summed E-state index contributed by atoms with van der Waals surface area (Å²) < 4.78 is 7.56. The Labute approximate surface area is 115 Å². The maximum Gasteiger partial charge on any atom is 0.119 e. The van der Waals surface area contributed by atoms with E-state index in [0.29, 0.717) is 0 Å². The monoisotopic (exact) mass is 260 g/mol. The van der Waals surface area contributed by atoms with Gasteiger partial charge in [0, 0.05) is 23.6 Å². The first-order valence-electron chi connectivity index (χ1n) is 6.89. The van der Waals surface area contributed by atoms with Crippen LogP contribution in [0.2, 0.25) is 0 Å². The fourth-order valence-corrected chi connectivity index (χ4v) is 2.33. The Bertz CT molecular complexity index is 543. The van der Waals surface area contributed by atoms with E-state index in [1.54, 1.807) is 7.11 Å². The second kappa shape index (κ2) is 5.66. The molecule has 1 heterocycles. The third-order valence-corrected chi connectivity index (χ3v) is 3.78. The molecular formula is C16H24N2O. The van der Waals surface area contributed by atoms with Crippen molar-refractivity contribution in [2.24, 2.45) is 11.1 Å². The van der Waals surface area contributed by atoms with Crippen LogP contribution < -0.4 is 10.5 Å². The Morgan fingerprint density at radius 3 is 2.74 bits per heavy atom. The van der Waals surface area contributed by atoms with Crippen molar-refractivity contribution in [3.63, 3.8) is 0 Å². The van der Waals surface area contributed by atoms with Crippen molar-refractivity contribution >= 4 is 10.9 Å². The van der Waals surface area contributed by atoms with Crippen LogP contribution in [0.4, 0.5) is 0 Å². The van der Waals surface area contributed by atoms with E-state index in [1.807, 2.05) is 6.07 Å². The molecule has 0 aliphatic carbocycles. The Morgan fingerprint density at radius 2 is 2.05 bits per heavy atom. The SMILES string of the molecule is COc1ccc2c(ccn2CCCC(C)(C)CN)c1. The van der Waals surface area contributed by atoms with Crippen LogP contribution in [0.5, 0.6) is 5.75 Å². The summed E-state index contributed by atoms with van der Waals surface area (Å²) in [6.45, 7) is 6.24. The van der Waals surface area contributed by atoms with Gasteiger partial charge in [-0.05, 0) is 49.1 Å². The van der Waals surface area contributed by atoms with Gasteiger partial charge in [-0.2, -0.15) is 0 Å². The average Bonchev–Trinajstić information content (AvgIpc) is 2.81. The van der Waals surface area contributed by atoms with Gasteiger partial charge in [0.05, 0.1) is 7.11 Å². The van der Waals surface area contributed by atoms with Crippen molar-refractivity contribution in [3.8, 4) is 5.75 Å². The predicted octanol–water partition coefficient (Wildman–Crippen LogP) is 3.42. The molecule has 19 heavy (non-hydrogen) atoms. The lowest BCUT2D eigenvalue weighted by Crippen LogP contribution is -2.23. The van der Waals surface area contributed by atoms with Crippen molar-refractivity contribution in [3.05, 3.63) is 30.5 Å². The molecule has 0 aliphatic rings. The molecule has 0 bridgehead atoms. The molecule has 2 aromatic rings. The van der Waals surface area contributed by atoms with E-state index in [2.05, 4.69) is 42.8 Å². The van der Waals surface area contributed by atoms with Gasteiger partial charge in [0.1, 0.15) is 5.75 Å². The minimum atomic E-state index is 0.242. The normalized spacial score (nSPS) is 12.0. The molecule has 2 rings (SSSR count). The summed E-state index contributed by atoms with van der Waals surface area (Å²) in [5.41, 5.74) is 7.28. The Morgan fingerprint density at radius 1 is 1.26 bits per heavy atom. The van der Waals surface area contributed by atoms with Gasteiger partial charge in [0.15, 0.2) is 0 Å². The summed E-state index contributed by atoms with van der Waals surface area (Å²) in [7, 11) is 1.70. The second-order valence-corrected chi connectivity index (χ2v) is 5.91. The molecule has 0 amide bonds. The molecule has 0 saturated heterocycles. The highest BCUT2D eigenvalue weighted by Crippen LogP contribution is 2.24. The van der Waals surface area contributed by atoms with Crippen LogP contribution in [0.15, 0.2) is 30.5 Å². The van der Waals surface area contributed by atoms with E-state index < -0.39 is 0 Å². The third kappa shape index (κ3) is 3.29. The van der Waals surface area contributed by atoms with Crippen molar-refractivity contribution in [1.29, 1.82) is 0 Å². The minimum Gasteiger partial charge on any atom is -0.497 e. The molecule has 0 unspecified atom stereocenters. The number of hydrogen-bond acceptors (Lipinski definition) is 2. The van der Waals surface area contributed by atoms with Crippen molar-refractivity contribution < 1.29 is 4.74 Å². The zero-order valence-electron chi connectivity index (χ0n) is 12.1. The number of aromatic nitrogens is 1. The molecule has 0 radical (unpaired) electrons. The van der Waals surface area contributed by atoms with Crippen LogP contribution in [-0.4, -0.2) is 18.2 Å². The molecule has 1 aromatic carbocycles. The molecule has 0 spiro atoms. The van der Waals surface area contributed by atoms with E-state index in [1.165, 1.54) is 10.9 Å². The van der Waals surface area contributed by atoms with Crippen molar-refractivity contribution in [2.75, 3.05) is 13.7 Å². The summed E-state index contributed by atoms with van der Waals surface area (Å²) in [6, 6.07) is 8.37. The zero-order chi connectivity index (χ0) is 13.9. The molecule has 3 nitrogen and oxygen atoms in total. The number of aryl methyl sites for hydroxylation is 1. The second-order valence-electron chi connectivity index (χ2n) is 5.91. The first kappa shape index (κ1) is 13.9. The summed E-state index contributed by atoms with van der Waals surface area (Å²) in [5, 5.41) is 1.23. The highest BCUT2D eigenvalue weighted by Gasteiger charge is 2.14. The number of nitrogens with zero attached hydrogens (tertiary/aromatic N) is 1. The number of hydrogen-bond donors (Lipinski definition) is 1. The summed E-state index contributed by atoms with van der Waals surface area (Å²) in [6.07, 6.45) is 4.46.